The molecule has 2 amide bonds. The second-order valence-electron chi connectivity index (χ2n) is 9.53. The molecule has 0 N–H and O–H groups in total. The maximum absolute atomic E-state index is 12.9. The summed E-state index contributed by atoms with van der Waals surface area (Å²) in [6.45, 7) is 7.82. The van der Waals surface area contributed by atoms with Crippen molar-refractivity contribution in [2.75, 3.05) is 32.8 Å². The summed E-state index contributed by atoms with van der Waals surface area (Å²) in [5, 5.41) is 2.03. The highest BCUT2D eigenvalue weighted by atomic mass is 16.6. The molecule has 0 saturated carbocycles. The molecule has 2 aromatic heterocycles. The van der Waals surface area contributed by atoms with Crippen LogP contribution >= 0.6 is 0 Å². The molecule has 2 aliphatic rings. The number of amides is 2. The standard InChI is InChI=1S/C27H32N2O6/c1-4-33-27(32)29-13-11-28(12-14-29)23(30)10-9-18-16(2)20-15-21-19-7-5-6-8-22(19)34-25(21)17(3)24(20)35-26(18)31/h15H,4-14H2,1-3H3. The van der Waals surface area contributed by atoms with E-state index in [-0.39, 0.29) is 18.4 Å². The van der Waals surface area contributed by atoms with Gasteiger partial charge in [-0.05, 0) is 58.1 Å². The molecule has 1 aromatic carbocycles. The van der Waals surface area contributed by atoms with Crippen LogP contribution < -0.4 is 5.63 Å². The SMILES string of the molecule is CCOC(=O)N1CCN(C(=O)CCc2c(C)c3cc4c5c(oc4c(C)c3oc2=O)CCCC5)CC1. The maximum Gasteiger partial charge on any atom is 0.409 e. The lowest BCUT2D eigenvalue weighted by atomic mass is 9.93. The lowest BCUT2D eigenvalue weighted by molar-refractivity contribution is -0.132. The second kappa shape index (κ2) is 9.40. The van der Waals surface area contributed by atoms with Crippen LogP contribution in [0.3, 0.4) is 0 Å². The van der Waals surface area contributed by atoms with Crippen molar-refractivity contribution >= 4 is 33.9 Å². The zero-order chi connectivity index (χ0) is 24.7. The minimum Gasteiger partial charge on any atom is -0.460 e. The Morgan fingerprint density at radius 1 is 0.943 bits per heavy atom. The number of benzene rings is 1. The fraction of sp³-hybridized carbons (Fsp3) is 0.519. The summed E-state index contributed by atoms with van der Waals surface area (Å²) in [4.78, 5) is 41.0. The van der Waals surface area contributed by atoms with E-state index >= 15 is 0 Å². The quantitative estimate of drug-likeness (QED) is 0.518. The van der Waals surface area contributed by atoms with Crippen LogP contribution in [0.15, 0.2) is 19.7 Å². The van der Waals surface area contributed by atoms with Crippen molar-refractivity contribution in [2.24, 2.45) is 0 Å². The van der Waals surface area contributed by atoms with Crippen LogP contribution in [0.25, 0.3) is 21.9 Å². The number of fused-ring (bicyclic) bond motifs is 4. The third-order valence-corrected chi connectivity index (χ3v) is 7.47. The first-order valence-electron chi connectivity index (χ1n) is 12.6. The van der Waals surface area contributed by atoms with Gasteiger partial charge in [0.2, 0.25) is 5.91 Å². The van der Waals surface area contributed by atoms with Crippen LogP contribution in [0.5, 0.6) is 0 Å². The van der Waals surface area contributed by atoms with Gasteiger partial charge in [0.1, 0.15) is 16.9 Å². The molecule has 8 nitrogen and oxygen atoms in total. The van der Waals surface area contributed by atoms with Crippen molar-refractivity contribution < 1.29 is 23.2 Å². The highest BCUT2D eigenvalue weighted by Crippen LogP contribution is 2.38. The Morgan fingerprint density at radius 3 is 2.37 bits per heavy atom. The van der Waals surface area contributed by atoms with Crippen molar-refractivity contribution in [3.8, 4) is 0 Å². The number of aryl methyl sites for hydroxylation is 4. The van der Waals surface area contributed by atoms with Gasteiger partial charge in [0.25, 0.3) is 0 Å². The van der Waals surface area contributed by atoms with Gasteiger partial charge in [-0.1, -0.05) is 0 Å². The largest absolute Gasteiger partial charge is 0.460 e. The van der Waals surface area contributed by atoms with E-state index in [0.717, 1.165) is 58.9 Å². The molecule has 8 heteroatoms. The van der Waals surface area contributed by atoms with Crippen molar-refractivity contribution in [3.05, 3.63) is 44.5 Å². The molecule has 1 fully saturated rings. The van der Waals surface area contributed by atoms with Crippen LogP contribution in [-0.2, 0) is 28.8 Å². The summed E-state index contributed by atoms with van der Waals surface area (Å²) >= 11 is 0. The van der Waals surface area contributed by atoms with Gasteiger partial charge < -0.3 is 23.4 Å². The van der Waals surface area contributed by atoms with Gasteiger partial charge in [0.15, 0.2) is 0 Å². The highest BCUT2D eigenvalue weighted by Gasteiger charge is 2.26. The van der Waals surface area contributed by atoms with E-state index in [1.165, 1.54) is 5.56 Å². The Bertz CT molecular complexity index is 1360. The summed E-state index contributed by atoms with van der Waals surface area (Å²) in [5.74, 6) is 1.03. The summed E-state index contributed by atoms with van der Waals surface area (Å²) in [5.41, 5.74) is 4.54. The lowest BCUT2D eigenvalue weighted by Crippen LogP contribution is -2.50. The molecule has 5 rings (SSSR count). The van der Waals surface area contributed by atoms with Crippen molar-refractivity contribution in [2.45, 2.75) is 59.3 Å². The number of carbonyl (C=O) groups excluding carboxylic acids is 2. The summed E-state index contributed by atoms with van der Waals surface area (Å²) in [7, 11) is 0. The highest BCUT2D eigenvalue weighted by molar-refractivity contribution is 6.00. The predicted octanol–water partition coefficient (Wildman–Crippen LogP) is 4.27. The molecule has 0 spiro atoms. The monoisotopic (exact) mass is 480 g/mol. The van der Waals surface area contributed by atoms with Gasteiger partial charge in [-0.2, -0.15) is 0 Å². The predicted molar refractivity (Wildman–Crippen MR) is 132 cm³/mol. The summed E-state index contributed by atoms with van der Waals surface area (Å²) in [6, 6.07) is 2.10. The molecule has 186 valence electrons. The Balaban J connectivity index is 1.36. The normalized spacial score (nSPS) is 16.1. The van der Waals surface area contributed by atoms with E-state index in [9.17, 15) is 14.4 Å². The number of hydrogen-bond donors (Lipinski definition) is 0. The summed E-state index contributed by atoms with van der Waals surface area (Å²) < 4.78 is 17.0. The lowest BCUT2D eigenvalue weighted by Gasteiger charge is -2.34. The Hall–Kier alpha value is -3.29. The fourth-order valence-corrected chi connectivity index (χ4v) is 5.45. The molecule has 1 aliphatic carbocycles. The van der Waals surface area contributed by atoms with Crippen LogP contribution in [0.1, 0.15) is 54.2 Å². The molecular weight excluding hydrogens is 448 g/mol. The number of ether oxygens (including phenoxy) is 1. The van der Waals surface area contributed by atoms with E-state index in [0.29, 0.717) is 50.4 Å². The van der Waals surface area contributed by atoms with Gasteiger partial charge in [-0.3, -0.25) is 4.79 Å². The third kappa shape index (κ3) is 4.19. The van der Waals surface area contributed by atoms with Crippen LogP contribution in [-0.4, -0.2) is 54.6 Å². The zero-order valence-electron chi connectivity index (χ0n) is 20.7. The van der Waals surface area contributed by atoms with Gasteiger partial charge in [-0.25, -0.2) is 9.59 Å². The first kappa shape index (κ1) is 23.5. The first-order chi connectivity index (χ1) is 16.9. The van der Waals surface area contributed by atoms with Gasteiger partial charge in [-0.15, -0.1) is 0 Å². The smallest absolute Gasteiger partial charge is 0.409 e. The molecule has 1 saturated heterocycles. The number of hydrogen-bond acceptors (Lipinski definition) is 6. The number of rotatable bonds is 4. The fourth-order valence-electron chi connectivity index (χ4n) is 5.45. The number of furan rings is 1. The van der Waals surface area contributed by atoms with Crippen LogP contribution in [0, 0.1) is 13.8 Å². The van der Waals surface area contributed by atoms with E-state index in [1.807, 2.05) is 13.8 Å². The summed E-state index contributed by atoms with van der Waals surface area (Å²) in [6.07, 6.45) is 4.45. The molecule has 1 aliphatic heterocycles. The molecule has 0 bridgehead atoms. The molecule has 0 radical (unpaired) electrons. The van der Waals surface area contributed by atoms with Gasteiger partial charge in [0.05, 0.1) is 6.61 Å². The topological polar surface area (TPSA) is 93.2 Å². The Morgan fingerprint density at radius 2 is 1.63 bits per heavy atom. The molecule has 0 atom stereocenters. The number of carbonyl (C=O) groups is 2. The van der Waals surface area contributed by atoms with Crippen molar-refractivity contribution in [1.29, 1.82) is 0 Å². The number of piperazine rings is 1. The van der Waals surface area contributed by atoms with E-state index in [1.54, 1.807) is 16.7 Å². The average molecular weight is 481 g/mol. The molecule has 35 heavy (non-hydrogen) atoms. The molecular formula is C27H32N2O6. The average Bonchev–Trinajstić information content (AvgIpc) is 3.24. The van der Waals surface area contributed by atoms with Crippen molar-refractivity contribution in [3.63, 3.8) is 0 Å². The van der Waals surface area contributed by atoms with E-state index in [4.69, 9.17) is 13.6 Å². The first-order valence-corrected chi connectivity index (χ1v) is 12.6. The van der Waals surface area contributed by atoms with Gasteiger partial charge in [0, 0.05) is 66.5 Å². The Labute approximate surface area is 203 Å². The van der Waals surface area contributed by atoms with Gasteiger partial charge >= 0.3 is 11.7 Å². The molecule has 3 heterocycles. The molecule has 0 unspecified atom stereocenters. The van der Waals surface area contributed by atoms with E-state index < -0.39 is 5.63 Å². The number of nitrogens with zero attached hydrogens (tertiary/aromatic N) is 2. The van der Waals surface area contributed by atoms with Crippen molar-refractivity contribution in [1.82, 2.24) is 9.80 Å². The third-order valence-electron chi connectivity index (χ3n) is 7.47. The second-order valence-corrected chi connectivity index (χ2v) is 9.53. The zero-order valence-corrected chi connectivity index (χ0v) is 20.7. The van der Waals surface area contributed by atoms with Crippen LogP contribution in [0.4, 0.5) is 4.79 Å². The maximum atomic E-state index is 12.9. The minimum atomic E-state index is -0.395. The minimum absolute atomic E-state index is 0.0251. The van der Waals surface area contributed by atoms with E-state index in [2.05, 4.69) is 6.07 Å². The molecule has 3 aromatic rings. The van der Waals surface area contributed by atoms with Crippen LogP contribution in [0.2, 0.25) is 0 Å². The Kier molecular flexibility index (Phi) is 6.30.